The van der Waals surface area contributed by atoms with Gasteiger partial charge < -0.3 is 9.73 Å². The van der Waals surface area contributed by atoms with Gasteiger partial charge in [0.1, 0.15) is 5.82 Å². The van der Waals surface area contributed by atoms with Crippen molar-refractivity contribution in [3.05, 3.63) is 41.1 Å². The third kappa shape index (κ3) is 3.78. The zero-order valence-electron chi connectivity index (χ0n) is 11.1. The van der Waals surface area contributed by atoms with Gasteiger partial charge in [-0.1, -0.05) is 11.6 Å². The lowest BCUT2D eigenvalue weighted by Gasteiger charge is -2.18. The van der Waals surface area contributed by atoms with E-state index in [0.717, 1.165) is 0 Å². The van der Waals surface area contributed by atoms with Crippen LogP contribution in [-0.4, -0.2) is 10.5 Å². The Labute approximate surface area is 116 Å². The maximum Gasteiger partial charge on any atom is 0.208 e. The molecular formula is C14H16ClFN2O. The van der Waals surface area contributed by atoms with E-state index in [0.29, 0.717) is 28.8 Å². The topological polar surface area (TPSA) is 38.1 Å². The van der Waals surface area contributed by atoms with E-state index in [1.807, 2.05) is 20.8 Å². The van der Waals surface area contributed by atoms with Crippen LogP contribution in [0, 0.1) is 5.82 Å². The van der Waals surface area contributed by atoms with Crippen molar-refractivity contribution in [2.24, 2.45) is 0 Å². The molecule has 19 heavy (non-hydrogen) atoms. The molecule has 0 unspecified atom stereocenters. The molecule has 0 aliphatic heterocycles. The number of halogens is 2. The van der Waals surface area contributed by atoms with E-state index in [4.69, 9.17) is 16.0 Å². The lowest BCUT2D eigenvalue weighted by atomic mass is 10.1. The number of rotatable bonds is 3. The van der Waals surface area contributed by atoms with Crippen molar-refractivity contribution in [1.82, 2.24) is 10.3 Å². The molecule has 1 aromatic carbocycles. The maximum absolute atomic E-state index is 13.7. The Bertz CT molecular complexity index is 575. The highest BCUT2D eigenvalue weighted by Crippen LogP contribution is 2.26. The van der Waals surface area contributed by atoms with Crippen molar-refractivity contribution in [2.45, 2.75) is 32.9 Å². The molecule has 5 heteroatoms. The fourth-order valence-electron chi connectivity index (χ4n) is 1.54. The van der Waals surface area contributed by atoms with Crippen LogP contribution in [0.4, 0.5) is 4.39 Å². The van der Waals surface area contributed by atoms with Crippen molar-refractivity contribution in [3.63, 3.8) is 0 Å². The summed E-state index contributed by atoms with van der Waals surface area (Å²) in [5.74, 6) is 0.519. The second kappa shape index (κ2) is 5.31. The van der Waals surface area contributed by atoms with E-state index in [2.05, 4.69) is 10.3 Å². The Balaban J connectivity index is 2.19. The first-order chi connectivity index (χ1) is 8.85. The van der Waals surface area contributed by atoms with Gasteiger partial charge in [-0.3, -0.25) is 0 Å². The van der Waals surface area contributed by atoms with Gasteiger partial charge in [0.2, 0.25) is 5.89 Å². The summed E-state index contributed by atoms with van der Waals surface area (Å²) >= 11 is 5.85. The van der Waals surface area contributed by atoms with Crippen LogP contribution in [0.5, 0.6) is 0 Å². The molecule has 0 bridgehead atoms. The Kier molecular flexibility index (Phi) is 3.92. The van der Waals surface area contributed by atoms with Crippen LogP contribution >= 0.6 is 11.6 Å². The second-order valence-electron chi connectivity index (χ2n) is 5.35. The van der Waals surface area contributed by atoms with Crippen LogP contribution in [0.15, 0.2) is 28.8 Å². The van der Waals surface area contributed by atoms with Crippen molar-refractivity contribution in [2.75, 3.05) is 0 Å². The SMILES string of the molecule is CC(C)(C)NCc1ncc(-c2cc(Cl)ccc2F)o1. The van der Waals surface area contributed by atoms with E-state index < -0.39 is 0 Å². The Morgan fingerprint density at radius 2 is 2.11 bits per heavy atom. The molecule has 0 saturated heterocycles. The van der Waals surface area contributed by atoms with Gasteiger partial charge in [0.05, 0.1) is 18.3 Å². The molecule has 2 aromatic rings. The summed E-state index contributed by atoms with van der Waals surface area (Å²) in [4.78, 5) is 4.13. The van der Waals surface area contributed by atoms with Crippen molar-refractivity contribution in [3.8, 4) is 11.3 Å². The highest BCUT2D eigenvalue weighted by Gasteiger charge is 2.14. The molecule has 1 N–H and O–H groups in total. The van der Waals surface area contributed by atoms with E-state index in [1.165, 1.54) is 24.4 Å². The fourth-order valence-corrected chi connectivity index (χ4v) is 1.72. The lowest BCUT2D eigenvalue weighted by Crippen LogP contribution is -2.35. The summed E-state index contributed by atoms with van der Waals surface area (Å²) in [5.41, 5.74) is 0.289. The molecule has 0 aliphatic carbocycles. The van der Waals surface area contributed by atoms with Crippen molar-refractivity contribution >= 4 is 11.6 Å². The highest BCUT2D eigenvalue weighted by molar-refractivity contribution is 6.30. The predicted octanol–water partition coefficient (Wildman–Crippen LogP) is 4.02. The lowest BCUT2D eigenvalue weighted by molar-refractivity contribution is 0.383. The number of hydrogen-bond donors (Lipinski definition) is 1. The number of benzene rings is 1. The average Bonchev–Trinajstić information content (AvgIpc) is 2.77. The first kappa shape index (κ1) is 14.0. The minimum atomic E-state index is -0.379. The summed E-state index contributed by atoms with van der Waals surface area (Å²) in [5, 5.41) is 3.71. The monoisotopic (exact) mass is 282 g/mol. The Hall–Kier alpha value is -1.39. The standard InChI is InChI=1S/C14H16ClFN2O/c1-14(2,3)18-8-13-17-7-12(19-13)10-6-9(15)4-5-11(10)16/h4-7,18H,8H2,1-3H3. The zero-order chi connectivity index (χ0) is 14.0. The summed E-state index contributed by atoms with van der Waals surface area (Å²) in [6.45, 7) is 6.64. The van der Waals surface area contributed by atoms with Gasteiger partial charge in [-0.2, -0.15) is 0 Å². The van der Waals surface area contributed by atoms with Crippen LogP contribution in [0.1, 0.15) is 26.7 Å². The molecule has 1 heterocycles. The van der Waals surface area contributed by atoms with Gasteiger partial charge in [-0.25, -0.2) is 9.37 Å². The first-order valence-corrected chi connectivity index (χ1v) is 6.38. The van der Waals surface area contributed by atoms with E-state index >= 15 is 0 Å². The van der Waals surface area contributed by atoms with Gasteiger partial charge in [-0.15, -0.1) is 0 Å². The second-order valence-corrected chi connectivity index (χ2v) is 5.78. The fraction of sp³-hybridized carbons (Fsp3) is 0.357. The maximum atomic E-state index is 13.7. The summed E-state index contributed by atoms with van der Waals surface area (Å²) in [7, 11) is 0. The summed E-state index contributed by atoms with van der Waals surface area (Å²) < 4.78 is 19.2. The van der Waals surface area contributed by atoms with E-state index in [9.17, 15) is 4.39 Å². The number of nitrogens with zero attached hydrogens (tertiary/aromatic N) is 1. The van der Waals surface area contributed by atoms with Crippen molar-refractivity contribution in [1.29, 1.82) is 0 Å². The number of hydrogen-bond acceptors (Lipinski definition) is 3. The summed E-state index contributed by atoms with van der Waals surface area (Å²) in [6.07, 6.45) is 1.51. The third-order valence-electron chi connectivity index (χ3n) is 2.52. The molecule has 0 amide bonds. The molecule has 0 radical (unpaired) electrons. The predicted molar refractivity (Wildman–Crippen MR) is 73.5 cm³/mol. The minimum Gasteiger partial charge on any atom is -0.439 e. The highest BCUT2D eigenvalue weighted by atomic mass is 35.5. The molecule has 0 fully saturated rings. The van der Waals surface area contributed by atoms with Gasteiger partial charge >= 0.3 is 0 Å². The molecule has 0 saturated carbocycles. The zero-order valence-corrected chi connectivity index (χ0v) is 11.9. The molecular weight excluding hydrogens is 267 g/mol. The molecule has 3 nitrogen and oxygen atoms in total. The number of nitrogens with one attached hydrogen (secondary N) is 1. The van der Waals surface area contributed by atoms with Gasteiger partial charge in [-0.05, 0) is 39.0 Å². The summed E-state index contributed by atoms with van der Waals surface area (Å²) in [6, 6.07) is 4.34. The molecule has 2 rings (SSSR count). The molecule has 1 aromatic heterocycles. The number of oxazole rings is 1. The third-order valence-corrected chi connectivity index (χ3v) is 2.75. The Morgan fingerprint density at radius 3 is 2.79 bits per heavy atom. The molecule has 0 spiro atoms. The van der Waals surface area contributed by atoms with Crippen LogP contribution < -0.4 is 5.32 Å². The first-order valence-electron chi connectivity index (χ1n) is 6.00. The largest absolute Gasteiger partial charge is 0.439 e. The smallest absolute Gasteiger partial charge is 0.208 e. The minimum absolute atomic E-state index is 0.0318. The van der Waals surface area contributed by atoms with Crippen LogP contribution in [-0.2, 0) is 6.54 Å². The molecule has 0 aliphatic rings. The van der Waals surface area contributed by atoms with Crippen molar-refractivity contribution < 1.29 is 8.81 Å². The normalized spacial score (nSPS) is 11.8. The Morgan fingerprint density at radius 1 is 1.37 bits per heavy atom. The molecule has 102 valence electrons. The average molecular weight is 283 g/mol. The quantitative estimate of drug-likeness (QED) is 0.924. The van der Waals surface area contributed by atoms with Crippen LogP contribution in [0.3, 0.4) is 0 Å². The van der Waals surface area contributed by atoms with Gasteiger partial charge in [0, 0.05) is 10.6 Å². The van der Waals surface area contributed by atoms with Crippen LogP contribution in [0.25, 0.3) is 11.3 Å². The van der Waals surface area contributed by atoms with Crippen LogP contribution in [0.2, 0.25) is 5.02 Å². The van der Waals surface area contributed by atoms with E-state index in [1.54, 1.807) is 0 Å². The number of aromatic nitrogens is 1. The van der Waals surface area contributed by atoms with E-state index in [-0.39, 0.29) is 11.4 Å². The van der Waals surface area contributed by atoms with Gasteiger partial charge in [0.25, 0.3) is 0 Å². The molecule has 0 atom stereocenters. The van der Waals surface area contributed by atoms with Gasteiger partial charge in [0.15, 0.2) is 5.76 Å².